The van der Waals surface area contributed by atoms with Gasteiger partial charge in [-0.15, -0.1) is 0 Å². The SMILES string of the molecule is CCCN(c1cnn(CCC)c(=O)c1Cl)C1CCNC1. The summed E-state index contributed by atoms with van der Waals surface area (Å²) in [5, 5.41) is 7.92. The molecule has 1 atom stereocenters. The van der Waals surface area contributed by atoms with Crippen molar-refractivity contribution < 1.29 is 0 Å². The third kappa shape index (κ3) is 3.15. The Balaban J connectivity index is 2.33. The summed E-state index contributed by atoms with van der Waals surface area (Å²) in [6.07, 6.45) is 4.71. The highest BCUT2D eigenvalue weighted by Crippen LogP contribution is 2.25. The summed E-state index contributed by atoms with van der Waals surface area (Å²) >= 11 is 6.31. The fourth-order valence-corrected chi connectivity index (χ4v) is 2.93. The Bertz CT molecular complexity index is 496. The van der Waals surface area contributed by atoms with Crippen LogP contribution in [-0.2, 0) is 6.54 Å². The average molecular weight is 299 g/mol. The van der Waals surface area contributed by atoms with E-state index < -0.39 is 0 Å². The number of halogens is 1. The molecule has 0 aliphatic carbocycles. The molecule has 5 nitrogen and oxygen atoms in total. The van der Waals surface area contributed by atoms with Crippen LogP contribution in [0.15, 0.2) is 11.0 Å². The topological polar surface area (TPSA) is 50.2 Å². The van der Waals surface area contributed by atoms with Crippen LogP contribution in [0.1, 0.15) is 33.1 Å². The van der Waals surface area contributed by atoms with Gasteiger partial charge in [0, 0.05) is 25.7 Å². The Labute approximate surface area is 124 Å². The van der Waals surface area contributed by atoms with E-state index >= 15 is 0 Å². The Hall–Kier alpha value is -1.07. The first-order valence-electron chi connectivity index (χ1n) is 7.42. The van der Waals surface area contributed by atoms with Crippen molar-refractivity contribution in [2.45, 2.75) is 45.7 Å². The molecule has 6 heteroatoms. The summed E-state index contributed by atoms with van der Waals surface area (Å²) in [5.74, 6) is 0. The van der Waals surface area contributed by atoms with E-state index in [-0.39, 0.29) is 5.56 Å². The first-order valence-corrected chi connectivity index (χ1v) is 7.79. The van der Waals surface area contributed by atoms with Crippen molar-refractivity contribution in [2.75, 3.05) is 24.5 Å². The van der Waals surface area contributed by atoms with Gasteiger partial charge < -0.3 is 10.2 Å². The standard InChI is InChI=1S/C14H23ClN4O/c1-3-7-18(11-5-6-16-9-11)12-10-17-19(8-4-2)14(20)13(12)15/h10-11,16H,3-9H2,1-2H3. The van der Waals surface area contributed by atoms with Gasteiger partial charge in [0.05, 0.1) is 11.9 Å². The fourth-order valence-electron chi connectivity index (χ4n) is 2.67. The summed E-state index contributed by atoms with van der Waals surface area (Å²) in [6.45, 7) is 7.61. The molecule has 1 aliphatic heterocycles. The van der Waals surface area contributed by atoms with Crippen molar-refractivity contribution in [1.29, 1.82) is 0 Å². The number of rotatable bonds is 6. The van der Waals surface area contributed by atoms with E-state index in [4.69, 9.17) is 11.6 Å². The van der Waals surface area contributed by atoms with Crippen LogP contribution in [0.5, 0.6) is 0 Å². The molecule has 1 aromatic rings. The van der Waals surface area contributed by atoms with E-state index in [9.17, 15) is 4.79 Å². The van der Waals surface area contributed by atoms with Gasteiger partial charge in [-0.25, -0.2) is 4.68 Å². The molecule has 0 amide bonds. The van der Waals surface area contributed by atoms with Crippen LogP contribution in [0.3, 0.4) is 0 Å². The molecule has 0 bridgehead atoms. The van der Waals surface area contributed by atoms with E-state index in [2.05, 4.69) is 22.2 Å². The first-order chi connectivity index (χ1) is 9.69. The van der Waals surface area contributed by atoms with Crippen molar-refractivity contribution in [3.05, 3.63) is 21.6 Å². The van der Waals surface area contributed by atoms with Gasteiger partial charge in [-0.2, -0.15) is 5.10 Å². The maximum absolute atomic E-state index is 12.2. The molecule has 1 saturated heterocycles. The van der Waals surface area contributed by atoms with E-state index in [1.807, 2.05) is 6.92 Å². The normalized spacial score (nSPS) is 18.4. The van der Waals surface area contributed by atoms with Crippen molar-refractivity contribution in [3.63, 3.8) is 0 Å². The lowest BCUT2D eigenvalue weighted by molar-refractivity contribution is 0.561. The van der Waals surface area contributed by atoms with E-state index in [0.29, 0.717) is 17.6 Å². The highest BCUT2D eigenvalue weighted by molar-refractivity contribution is 6.33. The van der Waals surface area contributed by atoms with Crippen LogP contribution in [0.2, 0.25) is 5.02 Å². The number of hydrogen-bond donors (Lipinski definition) is 1. The van der Waals surface area contributed by atoms with Gasteiger partial charge in [-0.1, -0.05) is 25.4 Å². The molecule has 1 aliphatic rings. The molecule has 1 fully saturated rings. The lowest BCUT2D eigenvalue weighted by atomic mass is 10.2. The molecule has 1 aromatic heterocycles. The van der Waals surface area contributed by atoms with Crippen LogP contribution in [-0.4, -0.2) is 35.5 Å². The van der Waals surface area contributed by atoms with Gasteiger partial charge in [-0.3, -0.25) is 4.79 Å². The zero-order valence-electron chi connectivity index (χ0n) is 12.2. The van der Waals surface area contributed by atoms with E-state index in [1.54, 1.807) is 6.20 Å². The zero-order valence-corrected chi connectivity index (χ0v) is 13.0. The van der Waals surface area contributed by atoms with Crippen molar-refractivity contribution in [1.82, 2.24) is 15.1 Å². The molecule has 0 saturated carbocycles. The lowest BCUT2D eigenvalue weighted by Gasteiger charge is -2.30. The second-order valence-electron chi connectivity index (χ2n) is 5.21. The lowest BCUT2D eigenvalue weighted by Crippen LogP contribution is -2.39. The quantitative estimate of drug-likeness (QED) is 0.871. The summed E-state index contributed by atoms with van der Waals surface area (Å²) in [7, 11) is 0. The van der Waals surface area contributed by atoms with Gasteiger partial charge >= 0.3 is 0 Å². The summed E-state index contributed by atoms with van der Waals surface area (Å²) in [5.41, 5.74) is 0.595. The predicted octanol–water partition coefficient (Wildman–Crippen LogP) is 1.89. The predicted molar refractivity (Wildman–Crippen MR) is 82.7 cm³/mol. The third-order valence-corrected chi connectivity index (χ3v) is 4.01. The maximum Gasteiger partial charge on any atom is 0.287 e. The van der Waals surface area contributed by atoms with Crippen molar-refractivity contribution in [2.24, 2.45) is 0 Å². The Morgan fingerprint density at radius 1 is 1.50 bits per heavy atom. The number of aromatic nitrogens is 2. The van der Waals surface area contributed by atoms with Crippen LogP contribution in [0.4, 0.5) is 5.69 Å². The molecular formula is C14H23ClN4O. The zero-order chi connectivity index (χ0) is 14.5. The fraction of sp³-hybridized carbons (Fsp3) is 0.714. The van der Waals surface area contributed by atoms with Crippen LogP contribution in [0.25, 0.3) is 0 Å². The minimum atomic E-state index is -0.182. The third-order valence-electron chi connectivity index (χ3n) is 3.65. The molecular weight excluding hydrogens is 276 g/mol. The molecule has 0 spiro atoms. The summed E-state index contributed by atoms with van der Waals surface area (Å²) in [6, 6.07) is 0.399. The maximum atomic E-state index is 12.2. The summed E-state index contributed by atoms with van der Waals surface area (Å²) in [4.78, 5) is 14.5. The van der Waals surface area contributed by atoms with Crippen LogP contribution >= 0.6 is 11.6 Å². The Kier molecular flexibility index (Phi) is 5.43. The number of nitrogens with zero attached hydrogens (tertiary/aromatic N) is 3. The molecule has 0 aromatic carbocycles. The van der Waals surface area contributed by atoms with Crippen LogP contribution in [0, 0.1) is 0 Å². The Morgan fingerprint density at radius 2 is 2.30 bits per heavy atom. The molecule has 2 rings (SSSR count). The molecule has 0 radical (unpaired) electrons. The molecule has 112 valence electrons. The number of hydrogen-bond acceptors (Lipinski definition) is 4. The summed E-state index contributed by atoms with van der Waals surface area (Å²) < 4.78 is 1.45. The molecule has 2 heterocycles. The second kappa shape index (κ2) is 7.09. The van der Waals surface area contributed by atoms with E-state index in [0.717, 1.165) is 44.6 Å². The number of anilines is 1. The van der Waals surface area contributed by atoms with Gasteiger partial charge in [-0.05, 0) is 25.8 Å². The largest absolute Gasteiger partial charge is 0.365 e. The second-order valence-corrected chi connectivity index (χ2v) is 5.59. The van der Waals surface area contributed by atoms with Crippen LogP contribution < -0.4 is 15.8 Å². The van der Waals surface area contributed by atoms with Gasteiger partial charge in [0.1, 0.15) is 5.02 Å². The smallest absolute Gasteiger partial charge is 0.287 e. The van der Waals surface area contributed by atoms with Crippen molar-refractivity contribution in [3.8, 4) is 0 Å². The minimum absolute atomic E-state index is 0.182. The molecule has 1 N–H and O–H groups in total. The highest BCUT2D eigenvalue weighted by Gasteiger charge is 2.25. The highest BCUT2D eigenvalue weighted by atomic mass is 35.5. The molecule has 1 unspecified atom stereocenters. The van der Waals surface area contributed by atoms with E-state index in [1.165, 1.54) is 4.68 Å². The Morgan fingerprint density at radius 3 is 2.90 bits per heavy atom. The molecule has 20 heavy (non-hydrogen) atoms. The van der Waals surface area contributed by atoms with Gasteiger partial charge in [0.15, 0.2) is 0 Å². The van der Waals surface area contributed by atoms with Crippen molar-refractivity contribution >= 4 is 17.3 Å². The average Bonchev–Trinajstić information content (AvgIpc) is 2.96. The minimum Gasteiger partial charge on any atom is -0.365 e. The number of aryl methyl sites for hydroxylation is 1. The number of nitrogens with one attached hydrogen (secondary N) is 1. The van der Waals surface area contributed by atoms with Gasteiger partial charge in [0.25, 0.3) is 5.56 Å². The first kappa shape index (κ1) is 15.3. The van der Waals surface area contributed by atoms with Gasteiger partial charge in [0.2, 0.25) is 0 Å². The monoisotopic (exact) mass is 298 g/mol.